The lowest BCUT2D eigenvalue weighted by atomic mass is 9.81. The Bertz CT molecular complexity index is 355. The molecule has 2 nitrogen and oxygen atoms in total. The van der Waals surface area contributed by atoms with Crippen molar-refractivity contribution in [3.8, 4) is 0 Å². The molecule has 0 amide bonds. The zero-order chi connectivity index (χ0) is 10.1. The third-order valence-corrected chi connectivity index (χ3v) is 4.37. The Balaban J connectivity index is 2.17. The highest BCUT2D eigenvalue weighted by Gasteiger charge is 2.22. The molecule has 0 spiro atoms. The van der Waals surface area contributed by atoms with E-state index in [1.807, 2.05) is 6.07 Å². The van der Waals surface area contributed by atoms with E-state index in [-0.39, 0.29) is 0 Å². The zero-order valence-electron chi connectivity index (χ0n) is 7.62. The maximum atomic E-state index is 10.9. The SMILES string of the molecule is O=C(O)c1sc(Br)cc1CC1CCC1. The van der Waals surface area contributed by atoms with Crippen LogP contribution < -0.4 is 0 Å². The van der Waals surface area contributed by atoms with Gasteiger partial charge in [-0.25, -0.2) is 4.79 Å². The van der Waals surface area contributed by atoms with Crippen LogP contribution in [0.1, 0.15) is 34.5 Å². The maximum Gasteiger partial charge on any atom is 0.346 e. The third kappa shape index (κ3) is 2.01. The van der Waals surface area contributed by atoms with Crippen molar-refractivity contribution in [2.75, 3.05) is 0 Å². The molecule has 1 aromatic heterocycles. The van der Waals surface area contributed by atoms with E-state index >= 15 is 0 Å². The highest BCUT2D eigenvalue weighted by molar-refractivity contribution is 9.11. The maximum absolute atomic E-state index is 10.9. The molecule has 1 N–H and O–H groups in total. The van der Waals surface area contributed by atoms with Crippen molar-refractivity contribution >= 4 is 33.2 Å². The number of rotatable bonds is 3. The van der Waals surface area contributed by atoms with Gasteiger partial charge in [-0.2, -0.15) is 0 Å². The fraction of sp³-hybridized carbons (Fsp3) is 0.500. The first-order valence-corrected chi connectivity index (χ1v) is 6.29. The summed E-state index contributed by atoms with van der Waals surface area (Å²) in [4.78, 5) is 11.4. The minimum atomic E-state index is -0.796. The molecule has 1 saturated carbocycles. The monoisotopic (exact) mass is 274 g/mol. The first kappa shape index (κ1) is 10.2. The molecule has 1 fully saturated rings. The summed E-state index contributed by atoms with van der Waals surface area (Å²) in [6, 6.07) is 1.95. The van der Waals surface area contributed by atoms with Crippen molar-refractivity contribution in [1.29, 1.82) is 0 Å². The minimum absolute atomic E-state index is 0.503. The smallest absolute Gasteiger partial charge is 0.346 e. The number of carbonyl (C=O) groups is 1. The minimum Gasteiger partial charge on any atom is -0.477 e. The van der Waals surface area contributed by atoms with Gasteiger partial charge >= 0.3 is 5.97 Å². The fourth-order valence-electron chi connectivity index (χ4n) is 1.74. The van der Waals surface area contributed by atoms with E-state index in [0.29, 0.717) is 4.88 Å². The second-order valence-electron chi connectivity index (χ2n) is 3.71. The van der Waals surface area contributed by atoms with Crippen LogP contribution in [0.15, 0.2) is 9.85 Å². The van der Waals surface area contributed by atoms with Gasteiger partial charge in [-0.15, -0.1) is 11.3 Å². The van der Waals surface area contributed by atoms with Gasteiger partial charge in [0.15, 0.2) is 0 Å². The van der Waals surface area contributed by atoms with Gasteiger partial charge in [0, 0.05) is 0 Å². The summed E-state index contributed by atoms with van der Waals surface area (Å²) in [7, 11) is 0. The molecule has 0 unspecified atom stereocenters. The summed E-state index contributed by atoms with van der Waals surface area (Å²) in [5.41, 5.74) is 0.999. The van der Waals surface area contributed by atoms with Crippen molar-refractivity contribution in [2.45, 2.75) is 25.7 Å². The van der Waals surface area contributed by atoms with Crippen LogP contribution in [0.4, 0.5) is 0 Å². The summed E-state index contributed by atoms with van der Waals surface area (Å²) in [5.74, 6) is -0.0791. The number of carboxylic acids is 1. The van der Waals surface area contributed by atoms with E-state index in [2.05, 4.69) is 15.9 Å². The molecule has 0 aliphatic heterocycles. The molecule has 0 radical (unpaired) electrons. The molecule has 14 heavy (non-hydrogen) atoms. The largest absolute Gasteiger partial charge is 0.477 e. The molecule has 0 atom stereocenters. The lowest BCUT2D eigenvalue weighted by Gasteiger charge is -2.24. The van der Waals surface area contributed by atoms with Gasteiger partial charge in [0.2, 0.25) is 0 Å². The quantitative estimate of drug-likeness (QED) is 0.915. The summed E-state index contributed by atoms with van der Waals surface area (Å²) in [5, 5.41) is 8.97. The highest BCUT2D eigenvalue weighted by Crippen LogP contribution is 2.34. The van der Waals surface area contributed by atoms with Crippen molar-refractivity contribution in [3.05, 3.63) is 20.3 Å². The Hall–Kier alpha value is -0.350. The summed E-state index contributed by atoms with van der Waals surface area (Å²) in [6.07, 6.45) is 4.75. The Morgan fingerprint density at radius 1 is 1.64 bits per heavy atom. The van der Waals surface area contributed by atoms with E-state index in [0.717, 1.165) is 21.7 Å². The van der Waals surface area contributed by atoms with Crippen LogP contribution in [0, 0.1) is 5.92 Å². The van der Waals surface area contributed by atoms with Gasteiger partial charge < -0.3 is 5.11 Å². The molecule has 1 aromatic rings. The van der Waals surface area contributed by atoms with Crippen molar-refractivity contribution in [3.63, 3.8) is 0 Å². The summed E-state index contributed by atoms with van der Waals surface area (Å²) >= 11 is 4.65. The van der Waals surface area contributed by atoms with Gasteiger partial charge in [0.25, 0.3) is 0 Å². The first-order valence-electron chi connectivity index (χ1n) is 4.68. The van der Waals surface area contributed by atoms with Crippen LogP contribution in [0.3, 0.4) is 0 Å². The van der Waals surface area contributed by atoms with Crippen LogP contribution in [-0.4, -0.2) is 11.1 Å². The molecule has 1 heterocycles. The molecule has 0 bridgehead atoms. The predicted molar refractivity (Wildman–Crippen MR) is 60.0 cm³/mol. The lowest BCUT2D eigenvalue weighted by molar-refractivity contribution is 0.0700. The number of thiophene rings is 1. The zero-order valence-corrected chi connectivity index (χ0v) is 10.0. The molecule has 0 saturated heterocycles. The number of aromatic carboxylic acids is 1. The summed E-state index contributed by atoms with van der Waals surface area (Å²) < 4.78 is 0.921. The molecular weight excluding hydrogens is 264 g/mol. The number of hydrogen-bond donors (Lipinski definition) is 1. The Morgan fingerprint density at radius 2 is 2.36 bits per heavy atom. The van der Waals surface area contributed by atoms with Crippen molar-refractivity contribution in [1.82, 2.24) is 0 Å². The normalized spacial score (nSPS) is 16.6. The van der Waals surface area contributed by atoms with Gasteiger partial charge in [-0.3, -0.25) is 0 Å². The number of carboxylic acid groups (broad SMARTS) is 1. The van der Waals surface area contributed by atoms with E-state index in [1.54, 1.807) is 0 Å². The van der Waals surface area contributed by atoms with E-state index in [9.17, 15) is 4.79 Å². The topological polar surface area (TPSA) is 37.3 Å². The molecule has 1 aliphatic rings. The molecular formula is C10H11BrO2S. The lowest BCUT2D eigenvalue weighted by Crippen LogP contribution is -2.14. The second kappa shape index (κ2) is 4.03. The van der Waals surface area contributed by atoms with Crippen LogP contribution in [0.25, 0.3) is 0 Å². The first-order chi connectivity index (χ1) is 6.66. The molecule has 0 aromatic carbocycles. The van der Waals surface area contributed by atoms with Crippen LogP contribution in [0.2, 0.25) is 0 Å². The molecule has 4 heteroatoms. The molecule has 2 rings (SSSR count). The standard InChI is InChI=1S/C10H11BrO2S/c11-8-5-7(4-6-2-1-3-6)9(14-8)10(12)13/h5-6H,1-4H2,(H,12,13). The van der Waals surface area contributed by atoms with E-state index in [1.165, 1.54) is 30.6 Å². The highest BCUT2D eigenvalue weighted by atomic mass is 79.9. The molecule has 1 aliphatic carbocycles. The van der Waals surface area contributed by atoms with Crippen molar-refractivity contribution < 1.29 is 9.90 Å². The second-order valence-corrected chi connectivity index (χ2v) is 6.14. The van der Waals surface area contributed by atoms with Gasteiger partial charge in [0.1, 0.15) is 4.88 Å². The average Bonchev–Trinajstić information content (AvgIpc) is 2.39. The Labute approximate surface area is 95.1 Å². The number of hydrogen-bond acceptors (Lipinski definition) is 2. The Morgan fingerprint density at radius 3 is 2.86 bits per heavy atom. The van der Waals surface area contributed by atoms with E-state index < -0.39 is 5.97 Å². The van der Waals surface area contributed by atoms with Crippen LogP contribution in [0.5, 0.6) is 0 Å². The summed E-state index contributed by atoms with van der Waals surface area (Å²) in [6.45, 7) is 0. The molecule has 76 valence electrons. The number of halogens is 1. The predicted octanol–water partition coefficient (Wildman–Crippen LogP) is 3.55. The van der Waals surface area contributed by atoms with Crippen molar-refractivity contribution in [2.24, 2.45) is 5.92 Å². The van der Waals surface area contributed by atoms with E-state index in [4.69, 9.17) is 5.11 Å². The van der Waals surface area contributed by atoms with Gasteiger partial charge in [-0.1, -0.05) is 19.3 Å². The van der Waals surface area contributed by atoms with Crippen LogP contribution >= 0.6 is 27.3 Å². The average molecular weight is 275 g/mol. The van der Waals surface area contributed by atoms with Gasteiger partial charge in [0.05, 0.1) is 3.79 Å². The fourth-order valence-corrected chi connectivity index (χ4v) is 3.25. The van der Waals surface area contributed by atoms with Gasteiger partial charge in [-0.05, 0) is 39.9 Å². The van der Waals surface area contributed by atoms with Crippen LogP contribution in [-0.2, 0) is 6.42 Å². The third-order valence-electron chi connectivity index (χ3n) is 2.71. The Kier molecular flexibility index (Phi) is 2.93.